The van der Waals surface area contributed by atoms with E-state index in [1.165, 1.54) is 0 Å². The summed E-state index contributed by atoms with van der Waals surface area (Å²) in [5.74, 6) is 0. The molecule has 1 aromatic heterocycles. The molecule has 2 aromatic rings. The number of fused-ring (bicyclic) bond motifs is 1. The van der Waals surface area contributed by atoms with Gasteiger partial charge in [0.05, 0.1) is 0 Å². The van der Waals surface area contributed by atoms with Crippen LogP contribution in [0.5, 0.6) is 0 Å². The zero-order chi connectivity index (χ0) is 9.26. The van der Waals surface area contributed by atoms with Gasteiger partial charge in [-0.3, -0.25) is 0 Å². The molecule has 0 aliphatic carbocycles. The van der Waals surface area contributed by atoms with E-state index in [9.17, 15) is 0 Å². The lowest BCUT2D eigenvalue weighted by molar-refractivity contribution is -0.672. The molecule has 1 aromatic carbocycles. The van der Waals surface area contributed by atoms with E-state index in [0.29, 0.717) is 5.69 Å². The number of rotatable bonds is 0. The van der Waals surface area contributed by atoms with E-state index in [0.717, 1.165) is 10.8 Å². The van der Waals surface area contributed by atoms with Crippen LogP contribution >= 0.6 is 0 Å². The maximum atomic E-state index is 8.81. The highest BCUT2D eigenvalue weighted by Gasteiger charge is 2.06. The Morgan fingerprint density at radius 1 is 1.23 bits per heavy atom. The first kappa shape index (κ1) is 7.75. The predicted molar refractivity (Wildman–Crippen MR) is 49.8 cm³/mol. The number of hydrogen-bond acceptors (Lipinski definition) is 1. The molecule has 1 heterocycles. The Labute approximate surface area is 76.7 Å². The van der Waals surface area contributed by atoms with Crippen molar-refractivity contribution in [1.82, 2.24) is 0 Å². The molecule has 0 bridgehead atoms. The van der Waals surface area contributed by atoms with Gasteiger partial charge in [-0.1, -0.05) is 18.2 Å². The molecular weight excluding hydrogens is 160 g/mol. The van der Waals surface area contributed by atoms with Crippen molar-refractivity contribution < 1.29 is 4.57 Å². The van der Waals surface area contributed by atoms with Crippen molar-refractivity contribution >= 4 is 10.8 Å². The van der Waals surface area contributed by atoms with Crippen LogP contribution in [0.2, 0.25) is 0 Å². The lowest BCUT2D eigenvalue weighted by atomic mass is 10.1. The Kier molecular flexibility index (Phi) is 1.71. The van der Waals surface area contributed by atoms with Gasteiger partial charge in [0.1, 0.15) is 7.05 Å². The largest absolute Gasteiger partial charge is 0.283 e. The highest BCUT2D eigenvalue weighted by atomic mass is 14.9. The Morgan fingerprint density at radius 2 is 1.92 bits per heavy atom. The fourth-order valence-electron chi connectivity index (χ4n) is 1.40. The number of nitrogens with zero attached hydrogens (tertiary/aromatic N) is 2. The van der Waals surface area contributed by atoms with E-state index in [-0.39, 0.29) is 0 Å². The van der Waals surface area contributed by atoms with Gasteiger partial charge in [0.15, 0.2) is 12.3 Å². The van der Waals surface area contributed by atoms with E-state index < -0.39 is 0 Å². The highest BCUT2D eigenvalue weighted by molar-refractivity contribution is 5.81. The molecule has 0 amide bonds. The van der Waals surface area contributed by atoms with Crippen LogP contribution in [-0.2, 0) is 7.05 Å². The van der Waals surface area contributed by atoms with Gasteiger partial charge in [-0.2, -0.15) is 9.83 Å². The summed E-state index contributed by atoms with van der Waals surface area (Å²) in [4.78, 5) is 0. The summed E-state index contributed by atoms with van der Waals surface area (Å²) >= 11 is 0. The zero-order valence-corrected chi connectivity index (χ0v) is 7.36. The standard InChI is InChI=1S/C11H9N2/c1-13-8-10-5-3-2-4-9(10)6-11(13)7-12/h2-6,8H,1H3/q+1. The molecule has 2 nitrogen and oxygen atoms in total. The molecule has 0 aliphatic rings. The molecule has 0 saturated carbocycles. The minimum absolute atomic E-state index is 0.679. The van der Waals surface area contributed by atoms with Crippen LogP contribution in [0.15, 0.2) is 36.5 Å². The topological polar surface area (TPSA) is 27.7 Å². The van der Waals surface area contributed by atoms with Crippen molar-refractivity contribution in [2.24, 2.45) is 7.05 Å². The normalized spacial score (nSPS) is 9.85. The van der Waals surface area contributed by atoms with Crippen molar-refractivity contribution in [3.63, 3.8) is 0 Å². The second-order valence-electron chi connectivity index (χ2n) is 3.01. The predicted octanol–water partition coefficient (Wildman–Crippen LogP) is 1.54. The van der Waals surface area contributed by atoms with Crippen molar-refractivity contribution in [3.8, 4) is 6.07 Å². The van der Waals surface area contributed by atoms with Gasteiger partial charge < -0.3 is 0 Å². The minimum atomic E-state index is 0.679. The lowest BCUT2D eigenvalue weighted by Crippen LogP contribution is -2.31. The first-order valence-electron chi connectivity index (χ1n) is 4.10. The number of nitriles is 1. The van der Waals surface area contributed by atoms with Gasteiger partial charge in [0.25, 0.3) is 5.69 Å². The molecule has 0 fully saturated rings. The van der Waals surface area contributed by atoms with Gasteiger partial charge in [-0.15, -0.1) is 0 Å². The highest BCUT2D eigenvalue weighted by Crippen LogP contribution is 2.11. The van der Waals surface area contributed by atoms with Crippen LogP contribution in [0, 0.1) is 11.3 Å². The molecular formula is C11H9N2+. The van der Waals surface area contributed by atoms with Crippen molar-refractivity contribution in [3.05, 3.63) is 42.2 Å². The van der Waals surface area contributed by atoms with E-state index in [1.54, 1.807) is 0 Å². The molecule has 2 heteroatoms. The summed E-state index contributed by atoms with van der Waals surface area (Å²) in [5, 5.41) is 11.1. The number of pyridine rings is 1. The fraction of sp³-hybridized carbons (Fsp3) is 0.0909. The summed E-state index contributed by atoms with van der Waals surface area (Å²) < 4.78 is 1.84. The van der Waals surface area contributed by atoms with Crippen molar-refractivity contribution in [2.75, 3.05) is 0 Å². The summed E-state index contributed by atoms with van der Waals surface area (Å²) in [6.45, 7) is 0. The maximum Gasteiger partial charge on any atom is 0.283 e. The SMILES string of the molecule is C[n+]1cc2ccccc2cc1C#N. The van der Waals surface area contributed by atoms with Crippen LogP contribution in [0.4, 0.5) is 0 Å². The molecule has 0 spiro atoms. The average Bonchev–Trinajstić information content (AvgIpc) is 2.17. The Bertz CT molecular complexity index is 495. The monoisotopic (exact) mass is 169 g/mol. The molecule has 13 heavy (non-hydrogen) atoms. The summed E-state index contributed by atoms with van der Waals surface area (Å²) in [5.41, 5.74) is 0.679. The number of benzene rings is 1. The van der Waals surface area contributed by atoms with Crippen molar-refractivity contribution in [2.45, 2.75) is 0 Å². The van der Waals surface area contributed by atoms with Crippen molar-refractivity contribution in [1.29, 1.82) is 5.26 Å². The molecule has 0 aliphatic heterocycles. The number of hydrogen-bond donors (Lipinski definition) is 0. The quantitative estimate of drug-likeness (QED) is 0.550. The molecule has 0 unspecified atom stereocenters. The molecule has 0 radical (unpaired) electrons. The first-order valence-corrected chi connectivity index (χ1v) is 4.10. The van der Waals surface area contributed by atoms with E-state index in [1.807, 2.05) is 48.1 Å². The Balaban J connectivity index is 2.83. The second kappa shape index (κ2) is 2.87. The van der Waals surface area contributed by atoms with Crippen LogP contribution in [0.25, 0.3) is 10.8 Å². The first-order chi connectivity index (χ1) is 6.31. The minimum Gasteiger partial charge on any atom is -0.192 e. The smallest absolute Gasteiger partial charge is 0.192 e. The molecule has 0 saturated heterocycles. The van der Waals surface area contributed by atoms with Gasteiger partial charge in [0.2, 0.25) is 0 Å². The lowest BCUT2D eigenvalue weighted by Gasteiger charge is -1.95. The molecule has 62 valence electrons. The Hall–Kier alpha value is -1.88. The third kappa shape index (κ3) is 1.25. The van der Waals surface area contributed by atoms with Crippen LogP contribution in [0.3, 0.4) is 0 Å². The van der Waals surface area contributed by atoms with E-state index in [2.05, 4.69) is 6.07 Å². The summed E-state index contributed by atoms with van der Waals surface area (Å²) in [6, 6.07) is 12.1. The molecule has 2 rings (SSSR count). The van der Waals surface area contributed by atoms with Crippen LogP contribution < -0.4 is 4.57 Å². The van der Waals surface area contributed by atoms with Crippen LogP contribution in [-0.4, -0.2) is 0 Å². The number of aromatic nitrogens is 1. The van der Waals surface area contributed by atoms with Crippen LogP contribution in [0.1, 0.15) is 5.69 Å². The van der Waals surface area contributed by atoms with E-state index >= 15 is 0 Å². The Morgan fingerprint density at radius 3 is 2.62 bits per heavy atom. The third-order valence-corrected chi connectivity index (χ3v) is 2.12. The molecule has 0 atom stereocenters. The zero-order valence-electron chi connectivity index (χ0n) is 7.36. The summed E-state index contributed by atoms with van der Waals surface area (Å²) in [7, 11) is 1.88. The van der Waals surface area contributed by atoms with Gasteiger partial charge >= 0.3 is 0 Å². The second-order valence-corrected chi connectivity index (χ2v) is 3.01. The maximum absolute atomic E-state index is 8.81. The van der Waals surface area contributed by atoms with Gasteiger partial charge in [0, 0.05) is 11.5 Å². The third-order valence-electron chi connectivity index (χ3n) is 2.12. The average molecular weight is 169 g/mol. The number of aryl methyl sites for hydroxylation is 1. The van der Waals surface area contributed by atoms with Gasteiger partial charge in [-0.25, -0.2) is 0 Å². The fourth-order valence-corrected chi connectivity index (χ4v) is 1.40. The summed E-state index contributed by atoms with van der Waals surface area (Å²) in [6.07, 6.45) is 1.97. The van der Waals surface area contributed by atoms with Gasteiger partial charge in [-0.05, 0) is 11.5 Å². The molecule has 0 N–H and O–H groups in total. The van der Waals surface area contributed by atoms with E-state index in [4.69, 9.17) is 5.26 Å².